The molecule has 0 amide bonds. The Morgan fingerprint density at radius 2 is 2.07 bits per heavy atom. The van der Waals surface area contributed by atoms with Crippen LogP contribution in [0.4, 0.5) is 0 Å². The molecule has 2 N–H and O–H groups in total. The van der Waals surface area contributed by atoms with E-state index in [1.165, 1.54) is 45.2 Å². The van der Waals surface area contributed by atoms with Gasteiger partial charge in [0.25, 0.3) is 0 Å². The van der Waals surface area contributed by atoms with Crippen molar-refractivity contribution in [2.24, 2.45) is 17.6 Å². The zero-order chi connectivity index (χ0) is 10.8. The van der Waals surface area contributed by atoms with Crippen molar-refractivity contribution in [2.45, 2.75) is 58.0 Å². The number of hydrogen-bond donors (Lipinski definition) is 1. The summed E-state index contributed by atoms with van der Waals surface area (Å²) < 4.78 is 0. The second kappa shape index (κ2) is 4.84. The van der Waals surface area contributed by atoms with Crippen LogP contribution in [0.1, 0.15) is 46.0 Å². The fraction of sp³-hybridized carbons (Fsp3) is 1.00. The van der Waals surface area contributed by atoms with Gasteiger partial charge in [-0.1, -0.05) is 20.3 Å². The summed E-state index contributed by atoms with van der Waals surface area (Å²) in [5.74, 6) is 1.69. The summed E-state index contributed by atoms with van der Waals surface area (Å²) in [6.45, 7) is 7.18. The van der Waals surface area contributed by atoms with Gasteiger partial charge in [-0.25, -0.2) is 0 Å². The SMILES string of the molecule is CCC1CN(C2CCC(C)C2)CCC1N. The second-order valence-corrected chi connectivity index (χ2v) is 5.69. The molecule has 2 aliphatic rings. The molecule has 2 fully saturated rings. The van der Waals surface area contributed by atoms with Crippen LogP contribution in [0, 0.1) is 11.8 Å². The second-order valence-electron chi connectivity index (χ2n) is 5.69. The lowest BCUT2D eigenvalue weighted by Crippen LogP contribution is -2.49. The molecule has 88 valence electrons. The molecule has 0 aromatic rings. The Morgan fingerprint density at radius 3 is 2.67 bits per heavy atom. The highest BCUT2D eigenvalue weighted by Crippen LogP contribution is 2.31. The number of nitrogens with zero attached hydrogens (tertiary/aromatic N) is 1. The van der Waals surface area contributed by atoms with Gasteiger partial charge in [0.2, 0.25) is 0 Å². The molecule has 0 spiro atoms. The van der Waals surface area contributed by atoms with Crippen LogP contribution >= 0.6 is 0 Å². The molecule has 1 saturated carbocycles. The van der Waals surface area contributed by atoms with Crippen LogP contribution in [0.2, 0.25) is 0 Å². The summed E-state index contributed by atoms with van der Waals surface area (Å²) >= 11 is 0. The average molecular weight is 210 g/mol. The molecule has 1 saturated heterocycles. The van der Waals surface area contributed by atoms with Crippen LogP contribution in [-0.2, 0) is 0 Å². The Labute approximate surface area is 94.2 Å². The lowest BCUT2D eigenvalue weighted by Gasteiger charge is -2.40. The third-order valence-corrected chi connectivity index (χ3v) is 4.53. The van der Waals surface area contributed by atoms with Crippen LogP contribution in [0.15, 0.2) is 0 Å². The first kappa shape index (κ1) is 11.4. The average Bonchev–Trinajstić information content (AvgIpc) is 2.66. The highest BCUT2D eigenvalue weighted by atomic mass is 15.2. The molecule has 4 atom stereocenters. The molecule has 15 heavy (non-hydrogen) atoms. The third kappa shape index (κ3) is 2.54. The Kier molecular flexibility index (Phi) is 3.68. The Hall–Kier alpha value is -0.0800. The molecule has 2 heteroatoms. The van der Waals surface area contributed by atoms with E-state index in [4.69, 9.17) is 5.73 Å². The smallest absolute Gasteiger partial charge is 0.00980 e. The molecule has 0 aromatic carbocycles. The fourth-order valence-corrected chi connectivity index (χ4v) is 3.35. The van der Waals surface area contributed by atoms with Crippen LogP contribution < -0.4 is 5.73 Å². The monoisotopic (exact) mass is 210 g/mol. The molecule has 2 rings (SSSR count). The van der Waals surface area contributed by atoms with E-state index < -0.39 is 0 Å². The van der Waals surface area contributed by atoms with Crippen molar-refractivity contribution in [2.75, 3.05) is 13.1 Å². The van der Waals surface area contributed by atoms with Crippen molar-refractivity contribution >= 4 is 0 Å². The lowest BCUT2D eigenvalue weighted by molar-refractivity contribution is 0.107. The Bertz CT molecular complexity index is 205. The molecule has 1 heterocycles. The minimum absolute atomic E-state index is 0.463. The maximum Gasteiger partial charge on any atom is 0.00980 e. The van der Waals surface area contributed by atoms with E-state index in [1.54, 1.807) is 0 Å². The molecular formula is C13H26N2. The predicted molar refractivity (Wildman–Crippen MR) is 64.7 cm³/mol. The van der Waals surface area contributed by atoms with Gasteiger partial charge in [-0.3, -0.25) is 4.90 Å². The number of nitrogens with two attached hydrogens (primary N) is 1. The summed E-state index contributed by atoms with van der Waals surface area (Å²) in [5.41, 5.74) is 6.15. The predicted octanol–water partition coefficient (Wildman–Crippen LogP) is 2.23. The Morgan fingerprint density at radius 1 is 1.27 bits per heavy atom. The Balaban J connectivity index is 1.88. The zero-order valence-corrected chi connectivity index (χ0v) is 10.3. The minimum Gasteiger partial charge on any atom is -0.327 e. The lowest BCUT2D eigenvalue weighted by atomic mass is 9.89. The van der Waals surface area contributed by atoms with Crippen molar-refractivity contribution in [3.05, 3.63) is 0 Å². The van der Waals surface area contributed by atoms with Gasteiger partial charge in [0, 0.05) is 18.6 Å². The van der Waals surface area contributed by atoms with Crippen molar-refractivity contribution in [3.8, 4) is 0 Å². The maximum atomic E-state index is 6.15. The summed E-state index contributed by atoms with van der Waals surface area (Å²) in [5, 5.41) is 0. The molecule has 0 aromatic heterocycles. The normalized spacial score (nSPS) is 43.4. The number of piperidine rings is 1. The van der Waals surface area contributed by atoms with Gasteiger partial charge in [0.15, 0.2) is 0 Å². The third-order valence-electron chi connectivity index (χ3n) is 4.53. The highest BCUT2D eigenvalue weighted by Gasteiger charge is 2.32. The highest BCUT2D eigenvalue weighted by molar-refractivity contribution is 4.88. The van der Waals surface area contributed by atoms with E-state index in [0.717, 1.165) is 17.9 Å². The van der Waals surface area contributed by atoms with Crippen molar-refractivity contribution < 1.29 is 0 Å². The van der Waals surface area contributed by atoms with Crippen LogP contribution in [0.25, 0.3) is 0 Å². The minimum atomic E-state index is 0.463. The van der Waals surface area contributed by atoms with Crippen molar-refractivity contribution in [1.29, 1.82) is 0 Å². The van der Waals surface area contributed by atoms with Gasteiger partial charge < -0.3 is 5.73 Å². The van der Waals surface area contributed by atoms with Gasteiger partial charge in [-0.05, 0) is 44.1 Å². The fourth-order valence-electron chi connectivity index (χ4n) is 3.35. The molecule has 1 aliphatic heterocycles. The van der Waals surface area contributed by atoms with E-state index >= 15 is 0 Å². The van der Waals surface area contributed by atoms with Gasteiger partial charge in [-0.15, -0.1) is 0 Å². The van der Waals surface area contributed by atoms with E-state index in [1.807, 2.05) is 0 Å². The topological polar surface area (TPSA) is 29.3 Å². The first-order valence-corrected chi connectivity index (χ1v) is 6.70. The first-order chi connectivity index (χ1) is 7.20. The number of likely N-dealkylation sites (tertiary alicyclic amines) is 1. The van der Waals surface area contributed by atoms with Crippen LogP contribution in [0.3, 0.4) is 0 Å². The maximum absolute atomic E-state index is 6.15. The summed E-state index contributed by atoms with van der Waals surface area (Å²) in [6.07, 6.45) is 6.74. The number of rotatable bonds is 2. The molecule has 1 aliphatic carbocycles. The quantitative estimate of drug-likeness (QED) is 0.757. The van der Waals surface area contributed by atoms with E-state index in [2.05, 4.69) is 18.7 Å². The van der Waals surface area contributed by atoms with Crippen molar-refractivity contribution in [1.82, 2.24) is 4.90 Å². The van der Waals surface area contributed by atoms with Gasteiger partial charge >= 0.3 is 0 Å². The van der Waals surface area contributed by atoms with Crippen LogP contribution in [0.5, 0.6) is 0 Å². The summed E-state index contributed by atoms with van der Waals surface area (Å²) in [6, 6.07) is 1.34. The molecule has 4 unspecified atom stereocenters. The van der Waals surface area contributed by atoms with Crippen molar-refractivity contribution in [3.63, 3.8) is 0 Å². The van der Waals surface area contributed by atoms with Gasteiger partial charge in [-0.2, -0.15) is 0 Å². The van der Waals surface area contributed by atoms with Crippen LogP contribution in [-0.4, -0.2) is 30.1 Å². The van der Waals surface area contributed by atoms with E-state index in [0.29, 0.717) is 6.04 Å². The zero-order valence-electron chi connectivity index (χ0n) is 10.3. The molecule has 0 radical (unpaired) electrons. The van der Waals surface area contributed by atoms with E-state index in [9.17, 15) is 0 Å². The molecular weight excluding hydrogens is 184 g/mol. The molecule has 0 bridgehead atoms. The standard InChI is InChI=1S/C13H26N2/c1-3-11-9-15(7-6-13(11)14)12-5-4-10(2)8-12/h10-13H,3-9,14H2,1-2H3. The molecule has 2 nitrogen and oxygen atoms in total. The summed E-state index contributed by atoms with van der Waals surface area (Å²) in [4.78, 5) is 2.72. The van der Waals surface area contributed by atoms with E-state index in [-0.39, 0.29) is 0 Å². The number of hydrogen-bond acceptors (Lipinski definition) is 2. The largest absolute Gasteiger partial charge is 0.327 e. The summed E-state index contributed by atoms with van der Waals surface area (Å²) in [7, 11) is 0. The van der Waals surface area contributed by atoms with Gasteiger partial charge in [0.05, 0.1) is 0 Å². The first-order valence-electron chi connectivity index (χ1n) is 6.70. The van der Waals surface area contributed by atoms with Gasteiger partial charge in [0.1, 0.15) is 0 Å².